The number of hydrogen-bond donors (Lipinski definition) is 4. The number of aliphatic hydroxyl groups excluding tert-OH is 3. The molecule has 1 aliphatic heterocycles. The molecule has 0 spiro atoms. The molecule has 1 aromatic rings. The number of aliphatic hydroxyl groups is 3. The first-order valence-electron chi connectivity index (χ1n) is 6.76. The van der Waals surface area contributed by atoms with E-state index >= 15 is 0 Å². The Hall–Kier alpha value is -1.93. The molecular formula is C15H18O7. The highest BCUT2D eigenvalue weighted by atomic mass is 16.7. The van der Waals surface area contributed by atoms with E-state index in [-0.39, 0.29) is 0 Å². The van der Waals surface area contributed by atoms with Crippen LogP contribution in [0.1, 0.15) is 12.5 Å². The van der Waals surface area contributed by atoms with Crippen molar-refractivity contribution in [3.8, 4) is 5.75 Å². The summed E-state index contributed by atoms with van der Waals surface area (Å²) in [5.74, 6) is -0.659. The molecule has 0 aromatic heterocycles. The van der Waals surface area contributed by atoms with Crippen molar-refractivity contribution in [3.63, 3.8) is 0 Å². The van der Waals surface area contributed by atoms with Crippen LogP contribution in [0.4, 0.5) is 0 Å². The second-order valence-electron chi connectivity index (χ2n) is 5.04. The average Bonchev–Trinajstić information content (AvgIpc) is 2.49. The molecule has 0 radical (unpaired) electrons. The summed E-state index contributed by atoms with van der Waals surface area (Å²) in [4.78, 5) is 10.4. The Morgan fingerprint density at radius 3 is 2.36 bits per heavy atom. The lowest BCUT2D eigenvalue weighted by atomic mass is 10.00. The molecule has 1 aromatic carbocycles. The maximum absolute atomic E-state index is 10.4. The summed E-state index contributed by atoms with van der Waals surface area (Å²) >= 11 is 0. The summed E-state index contributed by atoms with van der Waals surface area (Å²) in [6, 6.07) is 6.44. The minimum absolute atomic E-state index is 0.382. The van der Waals surface area contributed by atoms with Gasteiger partial charge >= 0.3 is 5.97 Å². The molecule has 1 fully saturated rings. The van der Waals surface area contributed by atoms with Gasteiger partial charge in [-0.05, 0) is 30.7 Å². The number of carboxylic acid groups (broad SMARTS) is 1. The van der Waals surface area contributed by atoms with Gasteiger partial charge in [0.15, 0.2) is 0 Å². The predicted octanol–water partition coefficient (Wildman–Crippen LogP) is -0.00930. The monoisotopic (exact) mass is 310 g/mol. The summed E-state index contributed by atoms with van der Waals surface area (Å²) in [6.07, 6.45) is -3.25. The van der Waals surface area contributed by atoms with Gasteiger partial charge in [0.05, 0.1) is 6.10 Å². The third kappa shape index (κ3) is 3.83. The first kappa shape index (κ1) is 16.4. The van der Waals surface area contributed by atoms with E-state index in [4.69, 9.17) is 14.6 Å². The van der Waals surface area contributed by atoms with Crippen LogP contribution in [0.5, 0.6) is 5.75 Å². The van der Waals surface area contributed by atoms with Crippen LogP contribution in [0.15, 0.2) is 30.3 Å². The van der Waals surface area contributed by atoms with Crippen molar-refractivity contribution in [2.24, 2.45) is 0 Å². The molecule has 22 heavy (non-hydrogen) atoms. The van der Waals surface area contributed by atoms with Gasteiger partial charge in [-0.25, -0.2) is 4.79 Å². The fraction of sp³-hybridized carbons (Fsp3) is 0.400. The molecule has 4 N–H and O–H groups in total. The lowest BCUT2D eigenvalue weighted by molar-refractivity contribution is -0.268. The van der Waals surface area contributed by atoms with Gasteiger partial charge in [0.25, 0.3) is 0 Å². The minimum atomic E-state index is -1.38. The zero-order valence-corrected chi connectivity index (χ0v) is 11.9. The zero-order valence-electron chi connectivity index (χ0n) is 11.9. The highest BCUT2D eigenvalue weighted by molar-refractivity contribution is 5.85. The molecule has 2 rings (SSSR count). The number of benzene rings is 1. The molecule has 0 amide bonds. The summed E-state index contributed by atoms with van der Waals surface area (Å²) in [7, 11) is 0. The molecule has 0 unspecified atom stereocenters. The fourth-order valence-electron chi connectivity index (χ4n) is 2.07. The highest BCUT2D eigenvalue weighted by Gasteiger charge is 2.43. The molecule has 7 nitrogen and oxygen atoms in total. The lowest BCUT2D eigenvalue weighted by Gasteiger charge is -2.38. The summed E-state index contributed by atoms with van der Waals surface area (Å²) in [5, 5.41) is 37.7. The van der Waals surface area contributed by atoms with Crippen molar-refractivity contribution in [1.29, 1.82) is 0 Å². The first-order chi connectivity index (χ1) is 10.4. The van der Waals surface area contributed by atoms with Crippen molar-refractivity contribution in [2.45, 2.75) is 37.6 Å². The Kier molecular flexibility index (Phi) is 5.15. The Morgan fingerprint density at radius 1 is 1.14 bits per heavy atom. The SMILES string of the molecule is C[C@@H]1O[C@@H](Oc2ccc(/C=C/C(=O)O)cc2)[C@H](O)[C@H](O)[C@H]1O. The molecule has 0 aliphatic carbocycles. The topological polar surface area (TPSA) is 116 Å². The largest absolute Gasteiger partial charge is 0.478 e. The van der Waals surface area contributed by atoms with Crippen LogP contribution in [0.2, 0.25) is 0 Å². The predicted molar refractivity (Wildman–Crippen MR) is 76.1 cm³/mol. The average molecular weight is 310 g/mol. The van der Waals surface area contributed by atoms with Crippen molar-refractivity contribution in [2.75, 3.05) is 0 Å². The number of hydrogen-bond acceptors (Lipinski definition) is 6. The van der Waals surface area contributed by atoms with Gasteiger partial charge in [0, 0.05) is 6.08 Å². The van der Waals surface area contributed by atoms with E-state index in [2.05, 4.69) is 0 Å². The number of carboxylic acids is 1. The van der Waals surface area contributed by atoms with E-state index in [9.17, 15) is 20.1 Å². The molecule has 7 heteroatoms. The van der Waals surface area contributed by atoms with Crippen molar-refractivity contribution in [3.05, 3.63) is 35.9 Å². The van der Waals surface area contributed by atoms with E-state index in [1.54, 1.807) is 31.2 Å². The van der Waals surface area contributed by atoms with Crippen LogP contribution in [-0.4, -0.2) is 57.1 Å². The second kappa shape index (κ2) is 6.89. The van der Waals surface area contributed by atoms with Gasteiger partial charge in [-0.2, -0.15) is 0 Å². The molecule has 120 valence electrons. The van der Waals surface area contributed by atoms with E-state index in [0.29, 0.717) is 11.3 Å². The third-order valence-electron chi connectivity index (χ3n) is 3.36. The smallest absolute Gasteiger partial charge is 0.328 e. The van der Waals surface area contributed by atoms with Crippen LogP contribution in [0, 0.1) is 0 Å². The van der Waals surface area contributed by atoms with Crippen LogP contribution in [0.3, 0.4) is 0 Å². The van der Waals surface area contributed by atoms with Gasteiger partial charge in [-0.1, -0.05) is 12.1 Å². The number of aliphatic carboxylic acids is 1. The van der Waals surface area contributed by atoms with Crippen molar-refractivity contribution < 1.29 is 34.7 Å². The van der Waals surface area contributed by atoms with Crippen LogP contribution in [0.25, 0.3) is 6.08 Å². The molecule has 0 saturated carbocycles. The van der Waals surface area contributed by atoms with Gasteiger partial charge in [-0.3, -0.25) is 0 Å². The van der Waals surface area contributed by atoms with Crippen LogP contribution < -0.4 is 4.74 Å². The maximum Gasteiger partial charge on any atom is 0.328 e. The molecular weight excluding hydrogens is 292 g/mol. The zero-order chi connectivity index (χ0) is 16.3. The van der Waals surface area contributed by atoms with E-state index in [1.165, 1.54) is 6.08 Å². The van der Waals surface area contributed by atoms with Crippen molar-refractivity contribution >= 4 is 12.0 Å². The van der Waals surface area contributed by atoms with Gasteiger partial charge in [0.1, 0.15) is 24.1 Å². The summed E-state index contributed by atoms with van der Waals surface area (Å²) < 4.78 is 10.8. The summed E-state index contributed by atoms with van der Waals surface area (Å²) in [5.41, 5.74) is 0.670. The Bertz CT molecular complexity index is 539. The minimum Gasteiger partial charge on any atom is -0.478 e. The molecule has 0 bridgehead atoms. The van der Waals surface area contributed by atoms with Crippen LogP contribution >= 0.6 is 0 Å². The third-order valence-corrected chi connectivity index (χ3v) is 3.36. The normalized spacial score (nSPS) is 32.1. The van der Waals surface area contributed by atoms with Crippen molar-refractivity contribution in [1.82, 2.24) is 0 Å². The standard InChI is InChI=1S/C15H18O7/c1-8-12(18)13(19)14(20)15(21-8)22-10-5-2-9(3-6-10)4-7-11(16)17/h2-8,12-15,18-20H,1H3,(H,16,17)/b7-4+/t8-,12-,13+,14+,15-/m0/s1. The lowest BCUT2D eigenvalue weighted by Crippen LogP contribution is -2.58. The molecule has 1 saturated heterocycles. The summed E-state index contributed by atoms with van der Waals surface area (Å²) in [6.45, 7) is 1.57. The van der Waals surface area contributed by atoms with E-state index < -0.39 is 36.7 Å². The highest BCUT2D eigenvalue weighted by Crippen LogP contribution is 2.24. The number of ether oxygens (including phenoxy) is 2. The molecule has 5 atom stereocenters. The van der Waals surface area contributed by atoms with E-state index in [0.717, 1.165) is 6.08 Å². The Morgan fingerprint density at radius 2 is 1.77 bits per heavy atom. The van der Waals surface area contributed by atoms with Crippen LogP contribution in [-0.2, 0) is 9.53 Å². The molecule has 1 aliphatic rings. The number of rotatable bonds is 4. The second-order valence-corrected chi connectivity index (χ2v) is 5.04. The van der Waals surface area contributed by atoms with Gasteiger partial charge in [0.2, 0.25) is 6.29 Å². The first-order valence-corrected chi connectivity index (χ1v) is 6.76. The quantitative estimate of drug-likeness (QED) is 0.578. The Balaban J connectivity index is 2.03. The maximum atomic E-state index is 10.4. The van der Waals surface area contributed by atoms with E-state index in [1.807, 2.05) is 0 Å². The van der Waals surface area contributed by atoms with Gasteiger partial charge < -0.3 is 29.9 Å². The van der Waals surface area contributed by atoms with Gasteiger partial charge in [-0.15, -0.1) is 0 Å². The molecule has 1 heterocycles. The number of carbonyl (C=O) groups is 1. The Labute approximate surface area is 127 Å². The fourth-order valence-corrected chi connectivity index (χ4v) is 2.07.